The van der Waals surface area contributed by atoms with Crippen LogP contribution in [-0.4, -0.2) is 50.4 Å². The smallest absolute Gasteiger partial charge is 0.279 e. The van der Waals surface area contributed by atoms with Crippen molar-refractivity contribution in [3.8, 4) is 0 Å². The Kier molecular flexibility index (Phi) is 6.36. The summed E-state index contributed by atoms with van der Waals surface area (Å²) in [5.74, 6) is 0.548. The molecule has 1 atom stereocenters. The normalized spacial score (nSPS) is 20.7. The van der Waals surface area contributed by atoms with Crippen LogP contribution >= 0.6 is 15.9 Å². The van der Waals surface area contributed by atoms with Crippen molar-refractivity contribution >= 4 is 26.1 Å². The van der Waals surface area contributed by atoms with Crippen LogP contribution in [0.25, 0.3) is 0 Å². The summed E-state index contributed by atoms with van der Waals surface area (Å²) in [5.41, 5.74) is 0. The number of ether oxygens (including phenoxy) is 1. The second kappa shape index (κ2) is 7.04. The van der Waals surface area contributed by atoms with Crippen molar-refractivity contribution in [2.24, 2.45) is 5.92 Å². The molecule has 7 heteroatoms. The van der Waals surface area contributed by atoms with E-state index in [-0.39, 0.29) is 4.83 Å². The van der Waals surface area contributed by atoms with E-state index < -0.39 is 10.2 Å². The highest BCUT2D eigenvalue weighted by Gasteiger charge is 2.24. The third-order valence-electron chi connectivity index (χ3n) is 2.52. The highest BCUT2D eigenvalue weighted by atomic mass is 79.9. The third kappa shape index (κ3) is 5.65. The molecule has 5 nitrogen and oxygen atoms in total. The lowest BCUT2D eigenvalue weighted by Gasteiger charge is -2.26. The van der Waals surface area contributed by atoms with Gasteiger partial charge in [-0.3, -0.25) is 0 Å². The molecule has 0 spiro atoms. The first-order chi connectivity index (χ1) is 7.92. The number of nitrogens with one attached hydrogen (secondary N) is 1. The lowest BCUT2D eigenvalue weighted by molar-refractivity contribution is 0.0725. The van der Waals surface area contributed by atoms with Crippen molar-refractivity contribution in [1.29, 1.82) is 0 Å². The zero-order valence-corrected chi connectivity index (χ0v) is 12.8. The molecule has 0 radical (unpaired) electrons. The molecule has 0 aromatic carbocycles. The average molecular weight is 329 g/mol. The molecule has 1 heterocycles. The molecule has 1 N–H and O–H groups in total. The first-order valence-corrected chi connectivity index (χ1v) is 8.24. The van der Waals surface area contributed by atoms with Gasteiger partial charge in [-0.25, -0.2) is 4.72 Å². The quantitative estimate of drug-likeness (QED) is 0.739. The van der Waals surface area contributed by atoms with Crippen LogP contribution in [0.4, 0.5) is 0 Å². The van der Waals surface area contributed by atoms with Gasteiger partial charge in [-0.1, -0.05) is 29.8 Å². The van der Waals surface area contributed by atoms with Gasteiger partial charge in [0.15, 0.2) is 0 Å². The summed E-state index contributed by atoms with van der Waals surface area (Å²) >= 11 is 3.48. The fraction of sp³-hybridized carbons (Fsp3) is 1.00. The van der Waals surface area contributed by atoms with Gasteiger partial charge in [0.05, 0.1) is 13.2 Å². The van der Waals surface area contributed by atoms with Gasteiger partial charge in [-0.05, 0) is 12.3 Å². The van der Waals surface area contributed by atoms with E-state index in [1.807, 2.05) is 0 Å². The van der Waals surface area contributed by atoms with E-state index in [2.05, 4.69) is 34.5 Å². The topological polar surface area (TPSA) is 58.6 Å². The fourth-order valence-electron chi connectivity index (χ4n) is 1.67. The number of hydrogen-bond donors (Lipinski definition) is 1. The molecule has 1 rings (SSSR count). The summed E-state index contributed by atoms with van der Waals surface area (Å²) in [7, 11) is -3.34. The molecule has 1 unspecified atom stereocenters. The first kappa shape index (κ1) is 15.4. The highest BCUT2D eigenvalue weighted by molar-refractivity contribution is 9.09. The third-order valence-corrected chi connectivity index (χ3v) is 4.80. The van der Waals surface area contributed by atoms with Crippen molar-refractivity contribution in [2.45, 2.75) is 25.1 Å². The van der Waals surface area contributed by atoms with E-state index in [9.17, 15) is 8.42 Å². The Bertz CT molecular complexity index is 316. The van der Waals surface area contributed by atoms with Gasteiger partial charge < -0.3 is 4.74 Å². The predicted octanol–water partition coefficient (Wildman–Crippen LogP) is 0.963. The monoisotopic (exact) mass is 328 g/mol. The second-order valence-corrected chi connectivity index (χ2v) is 7.64. The summed E-state index contributed by atoms with van der Waals surface area (Å²) < 4.78 is 33.0. The average Bonchev–Trinajstić information content (AvgIpc) is 2.27. The lowest BCUT2D eigenvalue weighted by atomic mass is 10.1. The molecular weight excluding hydrogens is 308 g/mol. The van der Waals surface area contributed by atoms with Crippen molar-refractivity contribution in [3.05, 3.63) is 0 Å². The van der Waals surface area contributed by atoms with Gasteiger partial charge in [-0.15, -0.1) is 0 Å². The molecule has 0 bridgehead atoms. The highest BCUT2D eigenvalue weighted by Crippen LogP contribution is 2.12. The van der Waals surface area contributed by atoms with Crippen LogP contribution in [0, 0.1) is 5.92 Å². The maximum absolute atomic E-state index is 11.9. The summed E-state index contributed by atoms with van der Waals surface area (Å²) in [6.45, 7) is 6.49. The number of morpholine rings is 1. The minimum absolute atomic E-state index is 0.179. The van der Waals surface area contributed by atoms with Gasteiger partial charge in [0.1, 0.15) is 0 Å². The van der Waals surface area contributed by atoms with Crippen LogP contribution in [0.5, 0.6) is 0 Å². The Hall–Kier alpha value is 0.310. The van der Waals surface area contributed by atoms with Crippen molar-refractivity contribution in [1.82, 2.24) is 9.03 Å². The molecule has 102 valence electrons. The minimum atomic E-state index is -3.34. The molecule has 0 amide bonds. The number of halogens is 1. The molecule has 1 aliphatic rings. The Morgan fingerprint density at radius 1 is 1.35 bits per heavy atom. The number of rotatable bonds is 6. The van der Waals surface area contributed by atoms with Crippen molar-refractivity contribution in [2.75, 3.05) is 32.8 Å². The Morgan fingerprint density at radius 3 is 2.47 bits per heavy atom. The van der Waals surface area contributed by atoms with E-state index in [0.717, 1.165) is 6.42 Å². The number of hydrogen-bond acceptors (Lipinski definition) is 3. The first-order valence-electron chi connectivity index (χ1n) is 5.88. The van der Waals surface area contributed by atoms with Gasteiger partial charge in [-0.2, -0.15) is 12.7 Å². The predicted molar refractivity (Wildman–Crippen MR) is 71.5 cm³/mol. The summed E-state index contributed by atoms with van der Waals surface area (Å²) in [5, 5.41) is 0. The van der Waals surface area contributed by atoms with E-state index >= 15 is 0 Å². The van der Waals surface area contributed by atoms with Gasteiger partial charge in [0.2, 0.25) is 0 Å². The second-order valence-electron chi connectivity index (χ2n) is 4.59. The van der Waals surface area contributed by atoms with E-state index in [1.165, 1.54) is 4.31 Å². The van der Waals surface area contributed by atoms with Crippen LogP contribution in [0.15, 0.2) is 0 Å². The fourth-order valence-corrected chi connectivity index (χ4v) is 4.02. The van der Waals surface area contributed by atoms with Crippen LogP contribution in [-0.2, 0) is 14.9 Å². The van der Waals surface area contributed by atoms with Crippen LogP contribution in [0.1, 0.15) is 20.3 Å². The standard InChI is InChI=1S/C10H21BrN2O3S/c1-9(2)7-10(11)8-12-17(14,15)13-3-5-16-6-4-13/h9-10,12H,3-8H2,1-2H3. The van der Waals surface area contributed by atoms with Gasteiger partial charge >= 0.3 is 0 Å². The van der Waals surface area contributed by atoms with Gasteiger partial charge in [0.25, 0.3) is 10.2 Å². The summed E-state index contributed by atoms with van der Waals surface area (Å²) in [6.07, 6.45) is 0.950. The maximum atomic E-state index is 11.9. The maximum Gasteiger partial charge on any atom is 0.279 e. The number of alkyl halides is 1. The van der Waals surface area contributed by atoms with E-state index in [0.29, 0.717) is 38.8 Å². The van der Waals surface area contributed by atoms with Crippen molar-refractivity contribution < 1.29 is 13.2 Å². The lowest BCUT2D eigenvalue weighted by Crippen LogP contribution is -2.47. The zero-order valence-electron chi connectivity index (χ0n) is 10.4. The van der Waals surface area contributed by atoms with Crippen LogP contribution in [0.3, 0.4) is 0 Å². The van der Waals surface area contributed by atoms with Crippen LogP contribution < -0.4 is 4.72 Å². The molecule has 1 saturated heterocycles. The summed E-state index contributed by atoms with van der Waals surface area (Å²) in [4.78, 5) is 0.179. The molecule has 0 aliphatic carbocycles. The molecule has 1 fully saturated rings. The zero-order chi connectivity index (χ0) is 12.9. The largest absolute Gasteiger partial charge is 0.379 e. The molecule has 17 heavy (non-hydrogen) atoms. The van der Waals surface area contributed by atoms with E-state index in [4.69, 9.17) is 4.74 Å². The van der Waals surface area contributed by atoms with Crippen LogP contribution in [0.2, 0.25) is 0 Å². The molecule has 0 aromatic heterocycles. The number of nitrogens with zero attached hydrogens (tertiary/aromatic N) is 1. The van der Waals surface area contributed by atoms with E-state index in [1.54, 1.807) is 0 Å². The Labute approximate surface area is 112 Å². The SMILES string of the molecule is CC(C)CC(Br)CNS(=O)(=O)N1CCOCC1. The molecule has 1 aliphatic heterocycles. The molecular formula is C10H21BrN2O3S. The summed E-state index contributed by atoms with van der Waals surface area (Å²) in [6, 6.07) is 0. The van der Waals surface area contributed by atoms with Crippen molar-refractivity contribution in [3.63, 3.8) is 0 Å². The Balaban J connectivity index is 2.38. The molecule has 0 saturated carbocycles. The van der Waals surface area contributed by atoms with Gasteiger partial charge in [0, 0.05) is 24.5 Å². The molecule has 0 aromatic rings. The Morgan fingerprint density at radius 2 is 1.94 bits per heavy atom. The minimum Gasteiger partial charge on any atom is -0.379 e.